The minimum atomic E-state index is -0.285. The maximum absolute atomic E-state index is 12.1. The molecule has 1 N–H and O–H groups in total. The number of hydrogen-bond acceptors (Lipinski definition) is 5. The zero-order chi connectivity index (χ0) is 15.2. The van der Waals surface area contributed by atoms with Crippen molar-refractivity contribution in [1.29, 1.82) is 0 Å². The molecule has 7 heteroatoms. The van der Waals surface area contributed by atoms with Crippen LogP contribution in [0.2, 0.25) is 5.02 Å². The maximum atomic E-state index is 12.1. The summed E-state index contributed by atoms with van der Waals surface area (Å²) in [6, 6.07) is 0.219. The van der Waals surface area contributed by atoms with Gasteiger partial charge in [0.1, 0.15) is 5.02 Å². The Morgan fingerprint density at radius 1 is 1.48 bits per heavy atom. The average Bonchev–Trinajstić information content (AvgIpc) is 2.96. The molecule has 0 radical (unpaired) electrons. The Hall–Kier alpha value is -1.11. The molecule has 1 aliphatic heterocycles. The molecule has 0 spiro atoms. The number of aromatic nitrogens is 2. The van der Waals surface area contributed by atoms with E-state index in [-0.39, 0.29) is 16.6 Å². The molecule has 0 aliphatic carbocycles. The molecule has 0 aromatic carbocycles. The smallest absolute Gasteiger partial charge is 0.287 e. The second-order valence-electron chi connectivity index (χ2n) is 5.45. The molecule has 1 saturated heterocycles. The molecule has 21 heavy (non-hydrogen) atoms. The van der Waals surface area contributed by atoms with E-state index in [4.69, 9.17) is 16.3 Å². The molecule has 0 amide bonds. The molecule has 1 fully saturated rings. The largest absolute Gasteiger partial charge is 0.383 e. The number of methoxy groups -OCH3 is 1. The van der Waals surface area contributed by atoms with Crippen molar-refractivity contribution in [3.05, 3.63) is 21.6 Å². The van der Waals surface area contributed by atoms with Gasteiger partial charge in [0.25, 0.3) is 5.56 Å². The molecule has 0 saturated carbocycles. The Labute approximate surface area is 130 Å². The first kappa shape index (κ1) is 16.3. The number of halogens is 1. The van der Waals surface area contributed by atoms with Gasteiger partial charge in [-0.1, -0.05) is 11.6 Å². The van der Waals surface area contributed by atoms with E-state index < -0.39 is 0 Å². The Bertz CT molecular complexity index is 514. The van der Waals surface area contributed by atoms with Crippen LogP contribution in [0.5, 0.6) is 0 Å². The van der Waals surface area contributed by atoms with Crippen LogP contribution in [0, 0.1) is 0 Å². The predicted molar refractivity (Wildman–Crippen MR) is 84.1 cm³/mol. The van der Waals surface area contributed by atoms with Gasteiger partial charge in [-0.25, -0.2) is 4.68 Å². The number of hydrogen-bond donors (Lipinski definition) is 1. The normalized spacial score (nSPS) is 17.1. The molecule has 1 aromatic rings. The van der Waals surface area contributed by atoms with Gasteiger partial charge in [-0.3, -0.25) is 4.79 Å². The lowest BCUT2D eigenvalue weighted by Gasteiger charge is -2.22. The fraction of sp³-hybridized carbons (Fsp3) is 0.714. The molecule has 1 unspecified atom stereocenters. The Morgan fingerprint density at radius 3 is 2.86 bits per heavy atom. The van der Waals surface area contributed by atoms with E-state index >= 15 is 0 Å². The first-order valence-corrected chi connectivity index (χ1v) is 7.73. The van der Waals surface area contributed by atoms with E-state index in [1.807, 2.05) is 0 Å². The van der Waals surface area contributed by atoms with Crippen molar-refractivity contribution in [2.24, 2.45) is 0 Å². The highest BCUT2D eigenvalue weighted by molar-refractivity contribution is 6.32. The summed E-state index contributed by atoms with van der Waals surface area (Å²) in [4.78, 5) is 14.5. The van der Waals surface area contributed by atoms with E-state index in [0.717, 1.165) is 19.6 Å². The van der Waals surface area contributed by atoms with E-state index in [9.17, 15) is 4.79 Å². The first-order valence-electron chi connectivity index (χ1n) is 7.35. The van der Waals surface area contributed by atoms with Crippen molar-refractivity contribution in [3.8, 4) is 0 Å². The molecule has 118 valence electrons. The molecule has 1 aromatic heterocycles. The van der Waals surface area contributed by atoms with Gasteiger partial charge in [-0.05, 0) is 32.9 Å². The third-order valence-electron chi connectivity index (χ3n) is 3.62. The summed E-state index contributed by atoms with van der Waals surface area (Å²) in [6.45, 7) is 6.17. The standard InChI is InChI=1S/C14H23ClN4O2/c1-11(10-18-5-3-4-6-18)17-12-9-16-19(7-8-21-2)14(20)13(12)15/h9,11,17H,3-8,10H2,1-2H3. The summed E-state index contributed by atoms with van der Waals surface area (Å²) in [5, 5.41) is 7.59. The number of anilines is 1. The number of nitrogens with one attached hydrogen (secondary N) is 1. The highest BCUT2D eigenvalue weighted by Crippen LogP contribution is 2.17. The zero-order valence-electron chi connectivity index (χ0n) is 12.6. The molecule has 2 heterocycles. The Kier molecular flexibility index (Phi) is 6.02. The minimum absolute atomic E-state index is 0.189. The van der Waals surface area contributed by atoms with E-state index in [0.29, 0.717) is 18.8 Å². The van der Waals surface area contributed by atoms with Crippen molar-refractivity contribution in [2.75, 3.05) is 38.7 Å². The van der Waals surface area contributed by atoms with Gasteiger partial charge in [0.05, 0.1) is 25.0 Å². The number of nitrogens with zero attached hydrogens (tertiary/aromatic N) is 3. The van der Waals surface area contributed by atoms with E-state index in [1.165, 1.54) is 17.5 Å². The van der Waals surface area contributed by atoms with Gasteiger partial charge in [0, 0.05) is 19.7 Å². The summed E-state index contributed by atoms with van der Waals surface area (Å²) >= 11 is 6.15. The van der Waals surface area contributed by atoms with Gasteiger partial charge in [0.2, 0.25) is 0 Å². The summed E-state index contributed by atoms with van der Waals surface area (Å²) < 4.78 is 6.27. The molecular formula is C14H23ClN4O2. The molecule has 6 nitrogen and oxygen atoms in total. The number of likely N-dealkylation sites (tertiary alicyclic amines) is 1. The number of rotatable bonds is 7. The summed E-state index contributed by atoms with van der Waals surface area (Å²) in [5.41, 5.74) is 0.314. The molecule has 0 bridgehead atoms. The number of ether oxygens (including phenoxy) is 1. The van der Waals surface area contributed by atoms with Crippen LogP contribution in [0.1, 0.15) is 19.8 Å². The minimum Gasteiger partial charge on any atom is -0.383 e. The van der Waals surface area contributed by atoms with Crippen molar-refractivity contribution >= 4 is 17.3 Å². The quantitative estimate of drug-likeness (QED) is 0.825. The first-order chi connectivity index (χ1) is 10.1. The zero-order valence-corrected chi connectivity index (χ0v) is 13.4. The van der Waals surface area contributed by atoms with E-state index in [2.05, 4.69) is 22.2 Å². The maximum Gasteiger partial charge on any atom is 0.287 e. The summed E-state index contributed by atoms with van der Waals surface area (Å²) in [5.74, 6) is 0. The van der Waals surface area contributed by atoms with Crippen molar-refractivity contribution in [2.45, 2.75) is 32.4 Å². The topological polar surface area (TPSA) is 59.4 Å². The lowest BCUT2D eigenvalue weighted by Crippen LogP contribution is -2.34. The van der Waals surface area contributed by atoms with Crippen molar-refractivity contribution in [1.82, 2.24) is 14.7 Å². The second kappa shape index (κ2) is 7.77. The fourth-order valence-corrected chi connectivity index (χ4v) is 2.77. The third-order valence-corrected chi connectivity index (χ3v) is 3.99. The molecule has 1 aliphatic rings. The van der Waals surface area contributed by atoms with Crippen LogP contribution >= 0.6 is 11.6 Å². The lowest BCUT2D eigenvalue weighted by molar-refractivity contribution is 0.182. The van der Waals surface area contributed by atoms with Gasteiger partial charge >= 0.3 is 0 Å². The SMILES string of the molecule is COCCn1ncc(NC(C)CN2CCCC2)c(Cl)c1=O. The average molecular weight is 315 g/mol. The van der Waals surface area contributed by atoms with Crippen LogP contribution in [-0.4, -0.2) is 54.1 Å². The van der Waals surface area contributed by atoms with Crippen LogP contribution in [0.3, 0.4) is 0 Å². The van der Waals surface area contributed by atoms with Gasteiger partial charge in [0.15, 0.2) is 0 Å². The van der Waals surface area contributed by atoms with Crippen LogP contribution in [0.15, 0.2) is 11.0 Å². The van der Waals surface area contributed by atoms with E-state index in [1.54, 1.807) is 13.3 Å². The second-order valence-corrected chi connectivity index (χ2v) is 5.82. The van der Waals surface area contributed by atoms with Crippen molar-refractivity contribution in [3.63, 3.8) is 0 Å². The highest BCUT2D eigenvalue weighted by atomic mass is 35.5. The van der Waals surface area contributed by atoms with Crippen LogP contribution in [0.4, 0.5) is 5.69 Å². The monoisotopic (exact) mass is 314 g/mol. The van der Waals surface area contributed by atoms with Gasteiger partial charge in [-0.2, -0.15) is 5.10 Å². The van der Waals surface area contributed by atoms with Crippen LogP contribution in [-0.2, 0) is 11.3 Å². The highest BCUT2D eigenvalue weighted by Gasteiger charge is 2.16. The predicted octanol–water partition coefficient (Wildman–Crippen LogP) is 1.44. The Balaban J connectivity index is 1.99. The van der Waals surface area contributed by atoms with Gasteiger partial charge in [-0.15, -0.1) is 0 Å². The van der Waals surface area contributed by atoms with Crippen LogP contribution < -0.4 is 10.9 Å². The van der Waals surface area contributed by atoms with Gasteiger partial charge < -0.3 is 15.0 Å². The van der Waals surface area contributed by atoms with Crippen LogP contribution in [0.25, 0.3) is 0 Å². The molecular weight excluding hydrogens is 292 g/mol. The van der Waals surface area contributed by atoms with Crippen molar-refractivity contribution < 1.29 is 4.74 Å². The third kappa shape index (κ3) is 4.43. The summed E-state index contributed by atoms with van der Waals surface area (Å²) in [7, 11) is 1.59. The fourth-order valence-electron chi connectivity index (χ4n) is 2.57. The Morgan fingerprint density at radius 2 is 2.19 bits per heavy atom. The molecule has 2 rings (SSSR count). The summed E-state index contributed by atoms with van der Waals surface area (Å²) in [6.07, 6.45) is 4.15. The lowest BCUT2D eigenvalue weighted by atomic mass is 10.3. The molecule has 1 atom stereocenters.